The maximum Gasteiger partial charge on any atom is 0.315 e. The highest BCUT2D eigenvalue weighted by Gasteiger charge is 2.41. The molecule has 0 aliphatic carbocycles. The first-order valence-corrected chi connectivity index (χ1v) is 8.98. The third-order valence-electron chi connectivity index (χ3n) is 4.53. The van der Waals surface area contributed by atoms with Crippen LogP contribution in [0, 0.1) is 12.8 Å². The summed E-state index contributed by atoms with van der Waals surface area (Å²) in [5.74, 6) is -0.292. The van der Waals surface area contributed by atoms with Crippen molar-refractivity contribution in [1.82, 2.24) is 10.2 Å². The number of nitrogens with zero attached hydrogens (tertiary/aromatic N) is 2. The van der Waals surface area contributed by atoms with Crippen molar-refractivity contribution in [2.45, 2.75) is 39.5 Å². The highest BCUT2D eigenvalue weighted by molar-refractivity contribution is 6.32. The van der Waals surface area contributed by atoms with Crippen LogP contribution in [-0.2, 0) is 9.53 Å². The molecule has 2 unspecified atom stereocenters. The zero-order valence-corrected chi connectivity index (χ0v) is 15.4. The number of benzene rings is 1. The summed E-state index contributed by atoms with van der Waals surface area (Å²) >= 11 is 6.61. The van der Waals surface area contributed by atoms with Crippen molar-refractivity contribution in [2.24, 2.45) is 10.9 Å². The molecule has 1 aromatic heterocycles. The zero-order chi connectivity index (χ0) is 18.0. The molecule has 0 spiro atoms. The Bertz CT molecular complexity index is 813. The number of aliphatic imine (C=N–C) groups is 1. The number of hydrogen-bond acceptors (Lipinski definition) is 4. The quantitative estimate of drug-likeness (QED) is 0.795. The van der Waals surface area contributed by atoms with Gasteiger partial charge in [-0.05, 0) is 31.4 Å². The van der Waals surface area contributed by atoms with Crippen LogP contribution >= 0.6 is 11.6 Å². The van der Waals surface area contributed by atoms with Gasteiger partial charge >= 0.3 is 5.97 Å². The standard InChI is InChI=1S/C19H22ClN3O2/c1-4-7-14-16(19(24)25-5-2)15(13-10-21-23-18(13)22-14)12-9-6-8-11(3)17(12)20/h6,8-10,15-16H,4-5,7H2,1-3H3,(H,21,23). The van der Waals surface area contributed by atoms with Crippen LogP contribution in [0.1, 0.15) is 49.3 Å². The minimum absolute atomic E-state index is 0.251. The molecule has 5 nitrogen and oxygen atoms in total. The second kappa shape index (κ2) is 7.40. The second-order valence-electron chi connectivity index (χ2n) is 6.21. The molecular weight excluding hydrogens is 338 g/mol. The third kappa shape index (κ3) is 3.21. The first kappa shape index (κ1) is 17.7. The number of aromatic amines is 1. The van der Waals surface area contributed by atoms with E-state index in [-0.39, 0.29) is 11.9 Å². The minimum atomic E-state index is -0.482. The molecule has 0 amide bonds. The van der Waals surface area contributed by atoms with Gasteiger partial charge in [-0.25, -0.2) is 4.99 Å². The zero-order valence-electron chi connectivity index (χ0n) is 14.7. The minimum Gasteiger partial charge on any atom is -0.465 e. The summed E-state index contributed by atoms with van der Waals surface area (Å²) in [7, 11) is 0. The number of aromatic nitrogens is 2. The van der Waals surface area contributed by atoms with Crippen molar-refractivity contribution in [3.63, 3.8) is 0 Å². The number of carbonyl (C=O) groups is 1. The van der Waals surface area contributed by atoms with Crippen LogP contribution in [0.15, 0.2) is 29.4 Å². The molecule has 132 valence electrons. The molecule has 2 aromatic rings. The Balaban J connectivity index is 2.19. The van der Waals surface area contributed by atoms with Crippen LogP contribution in [-0.4, -0.2) is 28.5 Å². The van der Waals surface area contributed by atoms with Crippen LogP contribution < -0.4 is 0 Å². The van der Waals surface area contributed by atoms with Crippen molar-refractivity contribution < 1.29 is 9.53 Å². The van der Waals surface area contributed by atoms with Crippen LogP contribution in [0.25, 0.3) is 0 Å². The lowest BCUT2D eigenvalue weighted by atomic mass is 9.76. The number of esters is 1. The smallest absolute Gasteiger partial charge is 0.315 e. The topological polar surface area (TPSA) is 67.3 Å². The number of aryl methyl sites for hydroxylation is 1. The Hall–Kier alpha value is -2.14. The normalized spacial score (nSPS) is 19.3. The average molecular weight is 360 g/mol. The fraction of sp³-hybridized carbons (Fsp3) is 0.421. The molecule has 3 rings (SSSR count). The first-order valence-electron chi connectivity index (χ1n) is 8.60. The van der Waals surface area contributed by atoms with Gasteiger partial charge < -0.3 is 4.74 Å². The van der Waals surface area contributed by atoms with E-state index < -0.39 is 5.92 Å². The SMILES string of the molecule is CCCC1=Nc2[nH]ncc2C(c2cccc(C)c2Cl)C1C(=O)OCC. The molecule has 2 atom stereocenters. The summed E-state index contributed by atoms with van der Waals surface area (Å²) in [6.45, 7) is 6.18. The van der Waals surface area contributed by atoms with E-state index in [9.17, 15) is 4.79 Å². The van der Waals surface area contributed by atoms with Gasteiger partial charge in [0.05, 0.1) is 12.8 Å². The molecular formula is C19H22ClN3O2. The maximum absolute atomic E-state index is 12.8. The number of fused-ring (bicyclic) bond motifs is 1. The van der Waals surface area contributed by atoms with Gasteiger partial charge in [0.25, 0.3) is 0 Å². The fourth-order valence-corrected chi connectivity index (χ4v) is 3.66. The number of H-pyrrole nitrogens is 1. The molecule has 0 bridgehead atoms. The highest BCUT2D eigenvalue weighted by Crippen LogP contribution is 2.45. The molecule has 0 fully saturated rings. The molecule has 2 heterocycles. The van der Waals surface area contributed by atoms with Gasteiger partial charge in [-0.3, -0.25) is 9.89 Å². The molecule has 1 N–H and O–H groups in total. The average Bonchev–Trinajstić information content (AvgIpc) is 3.05. The molecule has 1 aliphatic heterocycles. The van der Waals surface area contributed by atoms with Crippen molar-refractivity contribution in [3.05, 3.63) is 46.1 Å². The molecule has 0 radical (unpaired) electrons. The first-order chi connectivity index (χ1) is 12.1. The molecule has 25 heavy (non-hydrogen) atoms. The van der Waals surface area contributed by atoms with Gasteiger partial charge in [-0.2, -0.15) is 5.10 Å². The number of nitrogens with one attached hydrogen (secondary N) is 1. The van der Waals surface area contributed by atoms with Crippen LogP contribution in [0.5, 0.6) is 0 Å². The Kier molecular flexibility index (Phi) is 5.23. The van der Waals surface area contributed by atoms with Crippen molar-refractivity contribution in [2.75, 3.05) is 6.61 Å². The summed E-state index contributed by atoms with van der Waals surface area (Å²) in [5, 5.41) is 7.75. The van der Waals surface area contributed by atoms with Gasteiger partial charge in [-0.1, -0.05) is 43.1 Å². The van der Waals surface area contributed by atoms with Crippen LogP contribution in [0.2, 0.25) is 5.02 Å². The lowest BCUT2D eigenvalue weighted by Crippen LogP contribution is -2.34. The largest absolute Gasteiger partial charge is 0.465 e. The van der Waals surface area contributed by atoms with Gasteiger partial charge in [0.1, 0.15) is 5.92 Å². The van der Waals surface area contributed by atoms with Crippen LogP contribution in [0.4, 0.5) is 5.82 Å². The summed E-state index contributed by atoms with van der Waals surface area (Å²) in [6.07, 6.45) is 3.35. The summed E-state index contributed by atoms with van der Waals surface area (Å²) < 4.78 is 5.38. The number of rotatable bonds is 5. The predicted molar refractivity (Wildman–Crippen MR) is 98.7 cm³/mol. The van der Waals surface area contributed by atoms with E-state index in [0.717, 1.165) is 35.2 Å². The lowest BCUT2D eigenvalue weighted by molar-refractivity contribution is -0.146. The molecule has 6 heteroatoms. The number of halogens is 1. The Morgan fingerprint density at radius 3 is 2.84 bits per heavy atom. The highest BCUT2D eigenvalue weighted by atomic mass is 35.5. The van der Waals surface area contributed by atoms with Crippen molar-refractivity contribution in [3.8, 4) is 0 Å². The van der Waals surface area contributed by atoms with E-state index in [1.165, 1.54) is 0 Å². The van der Waals surface area contributed by atoms with Gasteiger partial charge in [0.15, 0.2) is 5.82 Å². The maximum atomic E-state index is 12.8. The van der Waals surface area contributed by atoms with Gasteiger partial charge in [0, 0.05) is 22.2 Å². The van der Waals surface area contributed by atoms with E-state index in [1.54, 1.807) is 6.20 Å². The monoisotopic (exact) mass is 359 g/mol. The van der Waals surface area contributed by atoms with Gasteiger partial charge in [-0.15, -0.1) is 0 Å². The Labute approximate surface area is 152 Å². The lowest BCUT2D eigenvalue weighted by Gasteiger charge is -2.31. The molecule has 1 aliphatic rings. The third-order valence-corrected chi connectivity index (χ3v) is 5.05. The van der Waals surface area contributed by atoms with Crippen molar-refractivity contribution >= 4 is 29.1 Å². The molecule has 0 saturated heterocycles. The summed E-state index contributed by atoms with van der Waals surface area (Å²) in [6, 6.07) is 5.90. The Morgan fingerprint density at radius 1 is 1.32 bits per heavy atom. The van der Waals surface area contributed by atoms with Gasteiger partial charge in [0.2, 0.25) is 0 Å². The van der Waals surface area contributed by atoms with E-state index in [2.05, 4.69) is 22.1 Å². The van der Waals surface area contributed by atoms with E-state index in [1.807, 2.05) is 32.0 Å². The molecule has 0 saturated carbocycles. The van der Waals surface area contributed by atoms with E-state index in [0.29, 0.717) is 17.4 Å². The van der Waals surface area contributed by atoms with Crippen LogP contribution in [0.3, 0.4) is 0 Å². The number of hydrogen-bond donors (Lipinski definition) is 1. The molecule has 1 aromatic carbocycles. The number of ether oxygens (including phenoxy) is 1. The van der Waals surface area contributed by atoms with E-state index >= 15 is 0 Å². The Morgan fingerprint density at radius 2 is 2.12 bits per heavy atom. The fourth-order valence-electron chi connectivity index (χ4n) is 3.42. The predicted octanol–water partition coefficient (Wildman–Crippen LogP) is 4.57. The summed E-state index contributed by atoms with van der Waals surface area (Å²) in [5.41, 5.74) is 3.59. The summed E-state index contributed by atoms with van der Waals surface area (Å²) in [4.78, 5) is 17.5. The van der Waals surface area contributed by atoms with Crippen molar-refractivity contribution in [1.29, 1.82) is 0 Å². The second-order valence-corrected chi connectivity index (χ2v) is 6.59. The van der Waals surface area contributed by atoms with E-state index in [4.69, 9.17) is 16.3 Å². The number of carbonyl (C=O) groups excluding carboxylic acids is 1.